The van der Waals surface area contributed by atoms with Crippen molar-refractivity contribution >= 4 is 23.3 Å². The Labute approximate surface area is 261 Å². The van der Waals surface area contributed by atoms with E-state index in [0.717, 1.165) is 10.9 Å². The Morgan fingerprint density at radius 1 is 0.915 bits per heavy atom. The number of halogens is 9. The number of tetrazole rings is 1. The summed E-state index contributed by atoms with van der Waals surface area (Å²) < 4.78 is 125. The van der Waals surface area contributed by atoms with Gasteiger partial charge in [0, 0.05) is 24.5 Å². The molecule has 0 amide bonds. The largest absolute Gasteiger partial charge is 0.478 e. The first-order valence-corrected chi connectivity index (χ1v) is 13.9. The highest BCUT2D eigenvalue weighted by atomic mass is 19.4. The minimum Gasteiger partial charge on any atom is -0.478 e. The Morgan fingerprint density at radius 2 is 1.53 bits per heavy atom. The Kier molecular flexibility index (Phi) is 8.62. The molecule has 17 heteroatoms. The Bertz CT molecular complexity index is 1750. The molecule has 2 heterocycles. The van der Waals surface area contributed by atoms with E-state index < -0.39 is 59.3 Å². The van der Waals surface area contributed by atoms with Crippen LogP contribution in [0.4, 0.5) is 56.8 Å². The molecular formula is C30H25F9N6O2. The van der Waals surface area contributed by atoms with Crippen molar-refractivity contribution in [2.45, 2.75) is 50.9 Å². The normalized spacial score (nSPS) is 15.7. The van der Waals surface area contributed by atoms with Crippen molar-refractivity contribution in [1.29, 1.82) is 0 Å². The van der Waals surface area contributed by atoms with Crippen LogP contribution in [-0.4, -0.2) is 37.8 Å². The first-order chi connectivity index (χ1) is 21.8. The van der Waals surface area contributed by atoms with Crippen molar-refractivity contribution in [3.63, 3.8) is 0 Å². The van der Waals surface area contributed by atoms with Gasteiger partial charge in [-0.15, -0.1) is 5.10 Å². The van der Waals surface area contributed by atoms with Gasteiger partial charge in [0.25, 0.3) is 5.95 Å². The third-order valence-corrected chi connectivity index (χ3v) is 7.75. The van der Waals surface area contributed by atoms with E-state index in [1.807, 2.05) is 0 Å². The molecule has 0 unspecified atom stereocenters. The minimum absolute atomic E-state index is 0.00486. The monoisotopic (exact) mass is 672 g/mol. The van der Waals surface area contributed by atoms with Crippen molar-refractivity contribution < 1.29 is 49.4 Å². The topological polar surface area (TPSA) is 87.4 Å². The van der Waals surface area contributed by atoms with Crippen molar-refractivity contribution in [1.82, 2.24) is 20.2 Å². The highest BCUT2D eigenvalue weighted by Crippen LogP contribution is 2.46. The van der Waals surface area contributed by atoms with E-state index >= 15 is 0 Å². The lowest BCUT2D eigenvalue weighted by Crippen LogP contribution is -2.30. The van der Waals surface area contributed by atoms with Crippen LogP contribution in [0.5, 0.6) is 0 Å². The van der Waals surface area contributed by atoms with Crippen LogP contribution in [-0.2, 0) is 32.1 Å². The second-order valence-electron chi connectivity index (χ2n) is 11.0. The van der Waals surface area contributed by atoms with Gasteiger partial charge in [0.1, 0.15) is 0 Å². The van der Waals surface area contributed by atoms with Crippen molar-refractivity contribution in [3.8, 4) is 0 Å². The standard InChI is InChI=1S/C30H25F9N6O2/c1-16-10-22-24(4-3-9-44(25(22)14-23(16)30(37,38)39)21-7-5-18(6-8-21)26(46)47)45(27-40-42-43(2)41-27)15-17-11-19(28(31,32)33)13-20(12-17)29(34,35)36/h5-8,10-14,24H,3-4,9,15H2,1-2H3,(H,46,47)/t24-/m0/s1. The quantitative estimate of drug-likeness (QED) is 0.208. The molecule has 1 aliphatic heterocycles. The number of aromatic carboxylic acids is 1. The van der Waals surface area contributed by atoms with E-state index in [9.17, 15) is 49.4 Å². The summed E-state index contributed by atoms with van der Waals surface area (Å²) in [5.74, 6) is -1.38. The number of aryl methyl sites for hydroxylation is 2. The van der Waals surface area contributed by atoms with Crippen molar-refractivity contribution in [2.24, 2.45) is 7.05 Å². The van der Waals surface area contributed by atoms with Crippen molar-refractivity contribution in [3.05, 3.63) is 93.5 Å². The van der Waals surface area contributed by atoms with E-state index in [0.29, 0.717) is 17.8 Å². The van der Waals surface area contributed by atoms with Gasteiger partial charge in [0.15, 0.2) is 0 Å². The third-order valence-electron chi connectivity index (χ3n) is 7.75. The maximum absolute atomic E-state index is 14.2. The number of aromatic nitrogens is 4. The van der Waals surface area contributed by atoms with Gasteiger partial charge >= 0.3 is 24.5 Å². The minimum atomic E-state index is -5.11. The van der Waals surface area contributed by atoms with Gasteiger partial charge in [-0.2, -0.15) is 44.3 Å². The zero-order chi connectivity index (χ0) is 34.5. The van der Waals surface area contributed by atoms with Gasteiger partial charge < -0.3 is 14.9 Å². The van der Waals surface area contributed by atoms with E-state index in [4.69, 9.17) is 0 Å². The van der Waals surface area contributed by atoms with Gasteiger partial charge in [-0.3, -0.25) is 0 Å². The number of rotatable bonds is 6. The summed E-state index contributed by atoms with van der Waals surface area (Å²) in [5, 5.41) is 21.2. The number of carboxylic acids is 1. The average Bonchev–Trinajstić information content (AvgIpc) is 3.32. The van der Waals surface area contributed by atoms with Gasteiger partial charge in [-0.05, 0) is 90.2 Å². The van der Waals surface area contributed by atoms with E-state index in [-0.39, 0.29) is 53.8 Å². The predicted octanol–water partition coefficient (Wildman–Crippen LogP) is 7.95. The number of carbonyl (C=O) groups is 1. The molecule has 0 spiro atoms. The number of fused-ring (bicyclic) bond motifs is 1. The van der Waals surface area contributed by atoms with Crippen LogP contribution in [0, 0.1) is 6.92 Å². The summed E-state index contributed by atoms with van der Waals surface area (Å²) in [6.07, 6.45) is -14.5. The SMILES string of the molecule is Cc1cc2c(cc1C(F)(F)F)N(c1ccc(C(=O)O)cc1)CCC[C@@H]2N(Cc1cc(C(F)(F)F)cc(C(F)(F)F)c1)c1nnn(C)n1. The lowest BCUT2D eigenvalue weighted by Gasteiger charge is -2.33. The molecule has 5 rings (SSSR count). The summed E-state index contributed by atoms with van der Waals surface area (Å²) >= 11 is 0. The van der Waals surface area contributed by atoms with Crippen LogP contribution >= 0.6 is 0 Å². The molecule has 1 atom stereocenters. The highest BCUT2D eigenvalue weighted by molar-refractivity contribution is 5.88. The second-order valence-corrected chi connectivity index (χ2v) is 11.0. The fraction of sp³-hybridized carbons (Fsp3) is 0.333. The lowest BCUT2D eigenvalue weighted by atomic mass is 9.94. The molecule has 0 radical (unpaired) electrons. The van der Waals surface area contributed by atoms with Crippen LogP contribution in [0.15, 0.2) is 54.6 Å². The molecule has 0 saturated carbocycles. The fourth-order valence-electron chi connectivity index (χ4n) is 5.64. The number of carboxylic acid groups (broad SMARTS) is 1. The number of benzene rings is 3. The Hall–Kier alpha value is -4.83. The molecule has 47 heavy (non-hydrogen) atoms. The van der Waals surface area contributed by atoms with Gasteiger partial charge in [0.2, 0.25) is 0 Å². The molecule has 1 N–H and O–H groups in total. The number of nitrogens with zero attached hydrogens (tertiary/aromatic N) is 6. The first-order valence-electron chi connectivity index (χ1n) is 13.9. The molecule has 1 aromatic heterocycles. The third kappa shape index (κ3) is 7.12. The van der Waals surface area contributed by atoms with Crippen LogP contribution < -0.4 is 9.80 Å². The maximum Gasteiger partial charge on any atom is 0.416 e. The molecule has 0 saturated heterocycles. The first kappa shape index (κ1) is 33.5. The Balaban J connectivity index is 1.70. The van der Waals surface area contributed by atoms with Crippen LogP contribution in [0.3, 0.4) is 0 Å². The summed E-state index contributed by atoms with van der Waals surface area (Å²) in [7, 11) is 1.39. The Morgan fingerprint density at radius 3 is 2.04 bits per heavy atom. The van der Waals surface area contributed by atoms with E-state index in [1.54, 1.807) is 4.90 Å². The van der Waals surface area contributed by atoms with Crippen LogP contribution in [0.2, 0.25) is 0 Å². The van der Waals surface area contributed by atoms with Crippen molar-refractivity contribution in [2.75, 3.05) is 16.3 Å². The predicted molar refractivity (Wildman–Crippen MR) is 150 cm³/mol. The summed E-state index contributed by atoms with van der Waals surface area (Å²) in [4.78, 5) is 15.3. The molecule has 8 nitrogen and oxygen atoms in total. The summed E-state index contributed by atoms with van der Waals surface area (Å²) in [6.45, 7) is 0.792. The summed E-state index contributed by atoms with van der Waals surface area (Å²) in [5.41, 5.74) is -3.94. The molecule has 1 aliphatic rings. The van der Waals surface area contributed by atoms with E-state index in [2.05, 4.69) is 15.4 Å². The summed E-state index contributed by atoms with van der Waals surface area (Å²) in [6, 6.07) is 7.88. The molecule has 4 aromatic rings. The highest BCUT2D eigenvalue weighted by Gasteiger charge is 2.39. The fourth-order valence-corrected chi connectivity index (χ4v) is 5.64. The van der Waals surface area contributed by atoms with Crippen LogP contribution in [0.1, 0.15) is 62.6 Å². The smallest absolute Gasteiger partial charge is 0.416 e. The number of hydrogen-bond acceptors (Lipinski definition) is 6. The molecule has 250 valence electrons. The molecule has 3 aromatic carbocycles. The lowest BCUT2D eigenvalue weighted by molar-refractivity contribution is -0.143. The number of anilines is 3. The zero-order valence-corrected chi connectivity index (χ0v) is 24.5. The van der Waals surface area contributed by atoms with E-state index in [1.165, 1.54) is 49.2 Å². The molecule has 0 aliphatic carbocycles. The van der Waals surface area contributed by atoms with Gasteiger partial charge in [-0.25, -0.2) is 4.79 Å². The molecular weight excluding hydrogens is 647 g/mol. The number of alkyl halides is 9. The second kappa shape index (κ2) is 12.1. The number of hydrogen-bond donors (Lipinski definition) is 1. The maximum atomic E-state index is 14.2. The van der Waals surface area contributed by atoms with Gasteiger partial charge in [-0.1, -0.05) is 11.2 Å². The molecule has 0 bridgehead atoms. The van der Waals surface area contributed by atoms with Gasteiger partial charge in [0.05, 0.1) is 35.3 Å². The van der Waals surface area contributed by atoms with Crippen LogP contribution in [0.25, 0.3) is 0 Å². The molecule has 0 fully saturated rings. The average molecular weight is 673 g/mol. The zero-order valence-electron chi connectivity index (χ0n) is 24.5.